The molecule has 0 unspecified atom stereocenters. The van der Waals surface area contributed by atoms with Crippen molar-refractivity contribution in [3.8, 4) is 5.75 Å². The third kappa shape index (κ3) is 4.45. The van der Waals surface area contributed by atoms with E-state index in [4.69, 9.17) is 4.74 Å². The van der Waals surface area contributed by atoms with Gasteiger partial charge in [0, 0.05) is 14.1 Å². The van der Waals surface area contributed by atoms with Crippen LogP contribution in [0.15, 0.2) is 24.3 Å². The van der Waals surface area contributed by atoms with E-state index in [2.05, 4.69) is 5.32 Å². The van der Waals surface area contributed by atoms with Crippen LogP contribution in [0.1, 0.15) is 5.56 Å². The Morgan fingerprint density at radius 2 is 2.06 bits per heavy atom. The van der Waals surface area contributed by atoms with Gasteiger partial charge in [-0.05, 0) is 17.7 Å². The standard InChI is InChI=1S/C13H18N2O3/c1-15(2)13(17)9-14-12(16)8-10-5-4-6-11(7-10)18-3/h4-7H,8-9H2,1-3H3,(H,14,16). The van der Waals surface area contributed by atoms with E-state index in [-0.39, 0.29) is 24.8 Å². The molecule has 0 aliphatic heterocycles. The van der Waals surface area contributed by atoms with Crippen LogP contribution in [0, 0.1) is 0 Å². The lowest BCUT2D eigenvalue weighted by molar-refractivity contribution is -0.130. The first-order valence-electron chi connectivity index (χ1n) is 5.62. The maximum absolute atomic E-state index is 11.6. The molecule has 0 atom stereocenters. The molecule has 98 valence electrons. The highest BCUT2D eigenvalue weighted by Crippen LogP contribution is 2.12. The highest BCUT2D eigenvalue weighted by Gasteiger charge is 2.08. The summed E-state index contributed by atoms with van der Waals surface area (Å²) < 4.78 is 5.07. The van der Waals surface area contributed by atoms with Crippen molar-refractivity contribution in [3.05, 3.63) is 29.8 Å². The lowest BCUT2D eigenvalue weighted by atomic mass is 10.1. The molecule has 0 saturated carbocycles. The number of carbonyl (C=O) groups is 2. The minimum absolute atomic E-state index is 0.0236. The molecule has 2 amide bonds. The normalized spacial score (nSPS) is 9.72. The smallest absolute Gasteiger partial charge is 0.241 e. The monoisotopic (exact) mass is 250 g/mol. The van der Waals surface area contributed by atoms with E-state index in [1.165, 1.54) is 4.90 Å². The van der Waals surface area contributed by atoms with Crippen LogP contribution >= 0.6 is 0 Å². The van der Waals surface area contributed by atoms with E-state index in [1.807, 2.05) is 18.2 Å². The Hall–Kier alpha value is -2.04. The molecule has 5 heteroatoms. The minimum atomic E-state index is -0.182. The van der Waals surface area contributed by atoms with Crippen LogP contribution in [0.5, 0.6) is 5.75 Å². The second kappa shape index (κ2) is 6.64. The Morgan fingerprint density at radius 3 is 2.67 bits per heavy atom. The molecule has 5 nitrogen and oxygen atoms in total. The molecule has 0 aliphatic carbocycles. The van der Waals surface area contributed by atoms with Gasteiger partial charge < -0.3 is 15.0 Å². The zero-order valence-electron chi connectivity index (χ0n) is 10.9. The zero-order valence-corrected chi connectivity index (χ0v) is 10.9. The molecule has 1 rings (SSSR count). The van der Waals surface area contributed by atoms with Crippen LogP contribution in [-0.4, -0.2) is 44.5 Å². The lowest BCUT2D eigenvalue weighted by Gasteiger charge is -2.11. The number of carbonyl (C=O) groups excluding carboxylic acids is 2. The number of nitrogens with one attached hydrogen (secondary N) is 1. The van der Waals surface area contributed by atoms with Gasteiger partial charge in [0.15, 0.2) is 0 Å². The number of hydrogen-bond acceptors (Lipinski definition) is 3. The van der Waals surface area contributed by atoms with Crippen molar-refractivity contribution < 1.29 is 14.3 Å². The largest absolute Gasteiger partial charge is 0.497 e. The summed E-state index contributed by atoms with van der Waals surface area (Å²) in [5, 5.41) is 2.58. The fraction of sp³-hybridized carbons (Fsp3) is 0.385. The number of nitrogens with zero attached hydrogens (tertiary/aromatic N) is 1. The maximum atomic E-state index is 11.6. The molecule has 0 bridgehead atoms. The van der Waals surface area contributed by atoms with Gasteiger partial charge in [-0.2, -0.15) is 0 Å². The number of rotatable bonds is 5. The minimum Gasteiger partial charge on any atom is -0.497 e. The average Bonchev–Trinajstić information content (AvgIpc) is 2.36. The SMILES string of the molecule is COc1cccc(CC(=O)NCC(=O)N(C)C)c1. The van der Waals surface area contributed by atoms with Crippen LogP contribution in [-0.2, 0) is 16.0 Å². The summed E-state index contributed by atoms with van der Waals surface area (Å²) in [5.41, 5.74) is 0.851. The van der Waals surface area contributed by atoms with Crippen molar-refractivity contribution >= 4 is 11.8 Å². The third-order valence-electron chi connectivity index (χ3n) is 2.43. The molecule has 1 aromatic rings. The fourth-order valence-corrected chi connectivity index (χ4v) is 1.36. The molecule has 0 aromatic heterocycles. The second-order valence-electron chi connectivity index (χ2n) is 4.09. The quantitative estimate of drug-likeness (QED) is 0.825. The van der Waals surface area contributed by atoms with Gasteiger partial charge in [-0.1, -0.05) is 12.1 Å². The maximum Gasteiger partial charge on any atom is 0.241 e. The molecule has 0 radical (unpaired) electrons. The first kappa shape index (κ1) is 14.0. The summed E-state index contributed by atoms with van der Waals surface area (Å²) in [5.74, 6) is 0.400. The summed E-state index contributed by atoms with van der Waals surface area (Å²) >= 11 is 0. The van der Waals surface area contributed by atoms with Crippen molar-refractivity contribution in [1.82, 2.24) is 10.2 Å². The molecular formula is C13H18N2O3. The number of likely N-dealkylation sites (N-methyl/N-ethyl adjacent to an activating group) is 1. The van der Waals surface area contributed by atoms with Crippen molar-refractivity contribution in [2.45, 2.75) is 6.42 Å². The summed E-state index contributed by atoms with van der Waals surface area (Å²) in [4.78, 5) is 24.3. The Morgan fingerprint density at radius 1 is 1.33 bits per heavy atom. The van der Waals surface area contributed by atoms with Crippen molar-refractivity contribution in [2.24, 2.45) is 0 Å². The second-order valence-corrected chi connectivity index (χ2v) is 4.09. The van der Waals surface area contributed by atoms with Crippen molar-refractivity contribution in [3.63, 3.8) is 0 Å². The first-order valence-corrected chi connectivity index (χ1v) is 5.62. The molecule has 1 N–H and O–H groups in total. The van der Waals surface area contributed by atoms with E-state index in [0.717, 1.165) is 5.56 Å². The van der Waals surface area contributed by atoms with Gasteiger partial charge >= 0.3 is 0 Å². The molecule has 1 aromatic carbocycles. The highest BCUT2D eigenvalue weighted by molar-refractivity contribution is 5.85. The lowest BCUT2D eigenvalue weighted by Crippen LogP contribution is -2.36. The number of ether oxygens (including phenoxy) is 1. The number of amides is 2. The molecule has 0 fully saturated rings. The molecule has 0 heterocycles. The van der Waals surface area contributed by atoms with Gasteiger partial charge in [-0.3, -0.25) is 9.59 Å². The van der Waals surface area contributed by atoms with Gasteiger partial charge in [-0.15, -0.1) is 0 Å². The molecule has 18 heavy (non-hydrogen) atoms. The zero-order chi connectivity index (χ0) is 13.5. The van der Waals surface area contributed by atoms with Crippen LogP contribution < -0.4 is 10.1 Å². The third-order valence-corrected chi connectivity index (χ3v) is 2.43. The summed E-state index contributed by atoms with van der Waals surface area (Å²) in [6.45, 7) is 0.0236. The Balaban J connectivity index is 2.47. The van der Waals surface area contributed by atoms with Gasteiger partial charge in [0.05, 0.1) is 20.1 Å². The summed E-state index contributed by atoms with van der Waals surface area (Å²) in [6, 6.07) is 7.28. The first-order chi connectivity index (χ1) is 8.52. The van der Waals surface area contributed by atoms with E-state index in [9.17, 15) is 9.59 Å². The van der Waals surface area contributed by atoms with Crippen molar-refractivity contribution in [2.75, 3.05) is 27.7 Å². The molecular weight excluding hydrogens is 232 g/mol. The van der Waals surface area contributed by atoms with Gasteiger partial charge in [0.2, 0.25) is 11.8 Å². The number of methoxy groups -OCH3 is 1. The van der Waals surface area contributed by atoms with E-state index in [1.54, 1.807) is 27.3 Å². The van der Waals surface area contributed by atoms with Crippen LogP contribution in [0.4, 0.5) is 0 Å². The molecule has 0 spiro atoms. The topological polar surface area (TPSA) is 58.6 Å². The summed E-state index contributed by atoms with van der Waals surface area (Å²) in [6.07, 6.45) is 0.234. The van der Waals surface area contributed by atoms with E-state index >= 15 is 0 Å². The van der Waals surface area contributed by atoms with Crippen LogP contribution in [0.25, 0.3) is 0 Å². The Kier molecular flexibility index (Phi) is 5.17. The van der Waals surface area contributed by atoms with Crippen molar-refractivity contribution in [1.29, 1.82) is 0 Å². The average molecular weight is 250 g/mol. The van der Waals surface area contributed by atoms with Crippen LogP contribution in [0.3, 0.4) is 0 Å². The number of benzene rings is 1. The highest BCUT2D eigenvalue weighted by atomic mass is 16.5. The van der Waals surface area contributed by atoms with Crippen LogP contribution in [0.2, 0.25) is 0 Å². The van der Waals surface area contributed by atoms with Gasteiger partial charge in [0.25, 0.3) is 0 Å². The Labute approximate surface area is 107 Å². The van der Waals surface area contributed by atoms with Gasteiger partial charge in [-0.25, -0.2) is 0 Å². The van der Waals surface area contributed by atoms with E-state index in [0.29, 0.717) is 5.75 Å². The molecule has 0 aliphatic rings. The molecule has 0 saturated heterocycles. The fourth-order valence-electron chi connectivity index (χ4n) is 1.36. The summed E-state index contributed by atoms with van der Waals surface area (Å²) in [7, 11) is 4.88. The Bertz CT molecular complexity index is 430. The van der Waals surface area contributed by atoms with E-state index < -0.39 is 0 Å². The predicted molar refractivity (Wildman–Crippen MR) is 68.4 cm³/mol. The predicted octanol–water partition coefficient (Wildman–Crippen LogP) is 0.442. The van der Waals surface area contributed by atoms with Gasteiger partial charge in [0.1, 0.15) is 5.75 Å². The number of hydrogen-bond donors (Lipinski definition) is 1.